The summed E-state index contributed by atoms with van der Waals surface area (Å²) in [4.78, 5) is 19.0. The normalized spacial score (nSPS) is 10.6. The van der Waals surface area contributed by atoms with Crippen LogP contribution in [0.4, 0.5) is 5.69 Å². The van der Waals surface area contributed by atoms with E-state index in [1.807, 2.05) is 6.92 Å². The van der Waals surface area contributed by atoms with Gasteiger partial charge >= 0.3 is 0 Å². The topological polar surface area (TPSA) is 75.6 Å². The number of aromatic nitrogens is 4. The molecule has 0 saturated carbocycles. The van der Waals surface area contributed by atoms with Gasteiger partial charge in [0.1, 0.15) is 10.3 Å². The van der Waals surface area contributed by atoms with E-state index in [2.05, 4.69) is 36.3 Å². The molecule has 0 bridgehead atoms. The molecule has 0 unspecified atom stereocenters. The van der Waals surface area contributed by atoms with Crippen LogP contribution >= 0.6 is 15.9 Å². The van der Waals surface area contributed by atoms with Gasteiger partial charge in [0.05, 0.1) is 18.4 Å². The maximum Gasteiger partial charge on any atom is 0.283 e. The molecular weight excluding hydrogens is 298 g/mol. The van der Waals surface area contributed by atoms with Gasteiger partial charge in [-0.3, -0.25) is 4.79 Å². The van der Waals surface area contributed by atoms with Crippen molar-refractivity contribution in [3.8, 4) is 0 Å². The Morgan fingerprint density at radius 2 is 2.39 bits per heavy atom. The molecule has 96 valence electrons. The van der Waals surface area contributed by atoms with Crippen LogP contribution in [0.2, 0.25) is 0 Å². The quantitative estimate of drug-likeness (QED) is 0.882. The summed E-state index contributed by atoms with van der Waals surface area (Å²) in [6.45, 7) is 3.14. The van der Waals surface area contributed by atoms with E-state index in [-0.39, 0.29) is 5.56 Å². The first-order chi connectivity index (χ1) is 8.72. The molecule has 0 aromatic carbocycles. The van der Waals surface area contributed by atoms with E-state index in [1.54, 1.807) is 18.6 Å². The number of imidazole rings is 1. The molecule has 2 N–H and O–H groups in total. The van der Waals surface area contributed by atoms with E-state index < -0.39 is 0 Å². The summed E-state index contributed by atoms with van der Waals surface area (Å²) in [5.41, 5.74) is 0.546. The van der Waals surface area contributed by atoms with Crippen molar-refractivity contribution in [2.45, 2.75) is 26.4 Å². The molecule has 0 fully saturated rings. The van der Waals surface area contributed by atoms with Crippen molar-refractivity contribution in [1.82, 2.24) is 19.7 Å². The Bertz CT molecular complexity index is 563. The van der Waals surface area contributed by atoms with E-state index in [9.17, 15) is 4.79 Å². The zero-order valence-corrected chi connectivity index (χ0v) is 11.6. The molecular formula is C11H14BrN5O. The molecule has 0 saturated heterocycles. The summed E-state index contributed by atoms with van der Waals surface area (Å²) >= 11 is 3.30. The molecule has 0 aliphatic rings. The minimum atomic E-state index is -0.124. The fourth-order valence-corrected chi connectivity index (χ4v) is 1.98. The van der Waals surface area contributed by atoms with Crippen LogP contribution in [0.5, 0.6) is 0 Å². The predicted molar refractivity (Wildman–Crippen MR) is 72.4 cm³/mol. The number of aryl methyl sites for hydroxylation is 1. The molecule has 7 heteroatoms. The number of halogens is 1. The summed E-state index contributed by atoms with van der Waals surface area (Å²) in [5.74, 6) is 0.805. The Labute approximate surface area is 113 Å². The lowest BCUT2D eigenvalue weighted by Gasteiger charge is -2.08. The Hall–Kier alpha value is -1.63. The van der Waals surface area contributed by atoms with E-state index in [4.69, 9.17) is 0 Å². The number of nitrogens with zero attached hydrogens (tertiary/aromatic N) is 3. The Morgan fingerprint density at radius 1 is 1.56 bits per heavy atom. The highest BCUT2D eigenvalue weighted by Gasteiger charge is 2.08. The molecule has 0 aliphatic carbocycles. The van der Waals surface area contributed by atoms with Crippen LogP contribution in [0.3, 0.4) is 0 Å². The van der Waals surface area contributed by atoms with Crippen LogP contribution in [-0.4, -0.2) is 19.7 Å². The van der Waals surface area contributed by atoms with Crippen molar-refractivity contribution in [1.29, 1.82) is 0 Å². The van der Waals surface area contributed by atoms with Gasteiger partial charge in [-0.05, 0) is 22.4 Å². The van der Waals surface area contributed by atoms with E-state index >= 15 is 0 Å². The number of hydrogen-bond acceptors (Lipinski definition) is 4. The summed E-state index contributed by atoms with van der Waals surface area (Å²) in [7, 11) is 0. The fourth-order valence-electron chi connectivity index (χ4n) is 1.53. The first kappa shape index (κ1) is 12.8. The first-order valence-electron chi connectivity index (χ1n) is 5.70. The number of nitrogens with one attached hydrogen (secondary N) is 2. The smallest absolute Gasteiger partial charge is 0.283 e. The van der Waals surface area contributed by atoms with Gasteiger partial charge in [-0.2, -0.15) is 5.10 Å². The fraction of sp³-hybridized carbons (Fsp3) is 0.364. The molecule has 2 aromatic rings. The van der Waals surface area contributed by atoms with Gasteiger partial charge in [0.2, 0.25) is 0 Å². The molecule has 18 heavy (non-hydrogen) atoms. The number of H-pyrrole nitrogens is 1. The van der Waals surface area contributed by atoms with E-state index in [0.717, 1.165) is 12.2 Å². The number of aromatic amines is 1. The lowest BCUT2D eigenvalue weighted by molar-refractivity contribution is 0.566. The van der Waals surface area contributed by atoms with Gasteiger partial charge in [0.15, 0.2) is 0 Å². The Morgan fingerprint density at radius 3 is 3.06 bits per heavy atom. The zero-order valence-electron chi connectivity index (χ0n) is 9.98. The molecule has 2 heterocycles. The first-order valence-corrected chi connectivity index (χ1v) is 6.49. The summed E-state index contributed by atoms with van der Waals surface area (Å²) in [6.07, 6.45) is 5.95. The monoisotopic (exact) mass is 311 g/mol. The molecule has 0 aliphatic heterocycles. The van der Waals surface area contributed by atoms with Crippen molar-refractivity contribution in [2.24, 2.45) is 0 Å². The minimum Gasteiger partial charge on any atom is -0.375 e. The van der Waals surface area contributed by atoms with Crippen LogP contribution in [0.25, 0.3) is 0 Å². The van der Waals surface area contributed by atoms with Crippen molar-refractivity contribution in [2.75, 3.05) is 5.32 Å². The highest BCUT2D eigenvalue weighted by Crippen LogP contribution is 2.16. The minimum absolute atomic E-state index is 0.124. The summed E-state index contributed by atoms with van der Waals surface area (Å²) in [6, 6.07) is 0. The molecule has 2 aromatic heterocycles. The van der Waals surface area contributed by atoms with Crippen LogP contribution in [0.1, 0.15) is 19.2 Å². The lowest BCUT2D eigenvalue weighted by Crippen LogP contribution is -2.24. The van der Waals surface area contributed by atoms with Crippen LogP contribution in [0.15, 0.2) is 27.9 Å². The van der Waals surface area contributed by atoms with Gasteiger partial charge in [0.25, 0.3) is 5.56 Å². The van der Waals surface area contributed by atoms with Gasteiger partial charge < -0.3 is 10.3 Å². The SMILES string of the molecule is CCCn1ncc(NCc2ncc[nH]2)c(Br)c1=O. The maximum absolute atomic E-state index is 11.9. The Kier molecular flexibility index (Phi) is 4.14. The average molecular weight is 312 g/mol. The van der Waals surface area contributed by atoms with E-state index in [0.29, 0.717) is 23.2 Å². The number of hydrogen-bond donors (Lipinski definition) is 2. The molecule has 0 atom stereocenters. The largest absolute Gasteiger partial charge is 0.375 e. The number of rotatable bonds is 5. The Balaban J connectivity index is 2.14. The number of anilines is 1. The standard InChI is InChI=1S/C11H14BrN5O/c1-2-5-17-11(18)10(12)8(6-16-17)15-7-9-13-3-4-14-9/h3-4,6,15H,2,5,7H2,1H3,(H,13,14). The van der Waals surface area contributed by atoms with Crippen molar-refractivity contribution >= 4 is 21.6 Å². The second kappa shape index (κ2) is 5.81. The molecule has 6 nitrogen and oxygen atoms in total. The van der Waals surface area contributed by atoms with Gasteiger partial charge in [-0.15, -0.1) is 0 Å². The molecule has 0 amide bonds. The maximum atomic E-state index is 11.9. The molecule has 0 spiro atoms. The third-order valence-corrected chi connectivity index (χ3v) is 3.19. The molecule has 2 rings (SSSR count). The van der Waals surface area contributed by atoms with Gasteiger partial charge in [-0.1, -0.05) is 6.92 Å². The van der Waals surface area contributed by atoms with Gasteiger partial charge in [-0.25, -0.2) is 9.67 Å². The second-order valence-corrected chi connectivity index (χ2v) is 4.58. The van der Waals surface area contributed by atoms with Crippen molar-refractivity contribution in [3.63, 3.8) is 0 Å². The lowest BCUT2D eigenvalue weighted by atomic mass is 10.4. The van der Waals surface area contributed by atoms with Crippen LogP contribution in [0, 0.1) is 0 Å². The van der Waals surface area contributed by atoms with Crippen LogP contribution < -0.4 is 10.9 Å². The predicted octanol–water partition coefficient (Wildman–Crippen LogP) is 1.75. The highest BCUT2D eigenvalue weighted by molar-refractivity contribution is 9.10. The third kappa shape index (κ3) is 2.79. The summed E-state index contributed by atoms with van der Waals surface area (Å²) < 4.78 is 1.94. The highest BCUT2D eigenvalue weighted by atomic mass is 79.9. The van der Waals surface area contributed by atoms with Crippen LogP contribution in [-0.2, 0) is 13.1 Å². The van der Waals surface area contributed by atoms with E-state index in [1.165, 1.54) is 4.68 Å². The third-order valence-electron chi connectivity index (χ3n) is 2.42. The second-order valence-electron chi connectivity index (χ2n) is 3.79. The molecule has 0 radical (unpaired) electrons. The average Bonchev–Trinajstić information content (AvgIpc) is 2.87. The van der Waals surface area contributed by atoms with Crippen molar-refractivity contribution < 1.29 is 0 Å². The zero-order chi connectivity index (χ0) is 13.0. The van der Waals surface area contributed by atoms with Crippen molar-refractivity contribution in [3.05, 3.63) is 39.2 Å². The van der Waals surface area contributed by atoms with Gasteiger partial charge in [0, 0.05) is 18.9 Å². The summed E-state index contributed by atoms with van der Waals surface area (Å²) in [5, 5.41) is 7.22.